The lowest BCUT2D eigenvalue weighted by molar-refractivity contribution is -0.931. The average molecular weight is 319 g/mol. The summed E-state index contributed by atoms with van der Waals surface area (Å²) < 4.78 is 18.1. The van der Waals surface area contributed by atoms with E-state index in [1.807, 2.05) is 0 Å². The maximum absolute atomic E-state index is 5.60. The quantitative estimate of drug-likeness (QED) is 0.332. The molecular formula is C16H36NO3Si+. The first kappa shape index (κ1) is 19.1. The fraction of sp³-hybridized carbons (Fsp3) is 1.00. The molecule has 5 heteroatoms. The van der Waals surface area contributed by atoms with Crippen molar-refractivity contribution in [2.24, 2.45) is 0 Å². The standard InChI is InChI=1S/C16H36NO3Si/c1-5-6-7-9-12-17(13-10-8-11-14-17)15-16-21(18-2,19-3)20-4/h5-16H2,1-4H3/q+1. The molecule has 1 fully saturated rings. The summed E-state index contributed by atoms with van der Waals surface area (Å²) in [6.07, 6.45) is 9.55. The molecule has 4 nitrogen and oxygen atoms in total. The largest absolute Gasteiger partial charge is 0.505 e. The van der Waals surface area contributed by atoms with Crippen LogP contribution in [-0.4, -0.2) is 60.8 Å². The molecule has 0 aromatic heterocycles. The van der Waals surface area contributed by atoms with Crippen molar-refractivity contribution < 1.29 is 17.8 Å². The Kier molecular flexibility index (Phi) is 9.05. The second kappa shape index (κ2) is 9.95. The molecule has 0 aliphatic carbocycles. The number of quaternary nitrogens is 1. The predicted octanol–water partition coefficient (Wildman–Crippen LogP) is 3.45. The highest BCUT2D eigenvalue weighted by Gasteiger charge is 2.42. The van der Waals surface area contributed by atoms with E-state index in [2.05, 4.69) is 6.92 Å². The van der Waals surface area contributed by atoms with Crippen LogP contribution in [-0.2, 0) is 13.3 Å². The Hall–Kier alpha value is 0.0569. The zero-order valence-corrected chi connectivity index (χ0v) is 15.7. The lowest BCUT2D eigenvalue weighted by Gasteiger charge is -2.43. The van der Waals surface area contributed by atoms with E-state index in [-0.39, 0.29) is 0 Å². The Morgan fingerprint density at radius 1 is 0.810 bits per heavy atom. The monoisotopic (exact) mass is 318 g/mol. The molecule has 1 heterocycles. The van der Waals surface area contributed by atoms with Gasteiger partial charge in [-0.3, -0.25) is 0 Å². The Bertz CT molecular complexity index is 258. The summed E-state index contributed by atoms with van der Waals surface area (Å²) in [6.45, 7) is 7.40. The molecular weight excluding hydrogens is 282 g/mol. The van der Waals surface area contributed by atoms with Crippen molar-refractivity contribution >= 4 is 8.80 Å². The molecule has 1 aliphatic rings. The van der Waals surface area contributed by atoms with Gasteiger partial charge in [-0.25, -0.2) is 0 Å². The Morgan fingerprint density at radius 3 is 1.95 bits per heavy atom. The SMILES string of the molecule is CCCCCC[N+]1(CC[Si](OC)(OC)OC)CCCCC1. The molecule has 21 heavy (non-hydrogen) atoms. The first-order valence-corrected chi connectivity index (χ1v) is 10.6. The molecule has 1 saturated heterocycles. The van der Waals surface area contributed by atoms with Gasteiger partial charge in [0.15, 0.2) is 0 Å². The number of unbranched alkanes of at least 4 members (excludes halogenated alkanes) is 3. The summed E-state index contributed by atoms with van der Waals surface area (Å²) in [6, 6.07) is 0.935. The zero-order chi connectivity index (χ0) is 15.6. The van der Waals surface area contributed by atoms with Crippen molar-refractivity contribution in [2.45, 2.75) is 57.9 Å². The molecule has 126 valence electrons. The Balaban J connectivity index is 2.56. The summed E-state index contributed by atoms with van der Waals surface area (Å²) in [5.41, 5.74) is 0. The van der Waals surface area contributed by atoms with Gasteiger partial charge in [0.05, 0.1) is 32.2 Å². The van der Waals surface area contributed by atoms with Crippen LogP contribution in [0.25, 0.3) is 0 Å². The minimum atomic E-state index is -2.42. The summed E-state index contributed by atoms with van der Waals surface area (Å²) in [5, 5.41) is 0. The molecule has 0 atom stereocenters. The predicted molar refractivity (Wildman–Crippen MR) is 89.3 cm³/mol. The molecule has 0 aromatic carbocycles. The highest BCUT2D eigenvalue weighted by atomic mass is 28.4. The average Bonchev–Trinajstić information content (AvgIpc) is 2.55. The van der Waals surface area contributed by atoms with Crippen molar-refractivity contribution in [2.75, 3.05) is 47.5 Å². The number of nitrogens with zero attached hydrogens (tertiary/aromatic N) is 1. The fourth-order valence-corrected chi connectivity index (χ4v) is 5.41. The molecule has 1 aliphatic heterocycles. The molecule has 0 radical (unpaired) electrons. The lowest BCUT2D eigenvalue weighted by atomic mass is 10.1. The third-order valence-electron chi connectivity index (χ3n) is 5.08. The summed E-state index contributed by atoms with van der Waals surface area (Å²) in [5.74, 6) is 0. The number of hydrogen-bond acceptors (Lipinski definition) is 3. The van der Waals surface area contributed by atoms with Crippen LogP contribution in [0.5, 0.6) is 0 Å². The summed E-state index contributed by atoms with van der Waals surface area (Å²) in [7, 11) is 2.75. The van der Waals surface area contributed by atoms with Crippen molar-refractivity contribution in [1.82, 2.24) is 0 Å². The first-order valence-electron chi connectivity index (χ1n) is 8.66. The van der Waals surface area contributed by atoms with Crippen LogP contribution in [0.4, 0.5) is 0 Å². The van der Waals surface area contributed by atoms with Gasteiger partial charge in [-0.2, -0.15) is 0 Å². The fourth-order valence-electron chi connectivity index (χ4n) is 3.55. The van der Waals surface area contributed by atoms with Gasteiger partial charge >= 0.3 is 8.80 Å². The molecule has 0 N–H and O–H groups in total. The van der Waals surface area contributed by atoms with E-state index in [0.717, 1.165) is 12.6 Å². The van der Waals surface area contributed by atoms with Gasteiger partial charge in [0.25, 0.3) is 0 Å². The van der Waals surface area contributed by atoms with Crippen molar-refractivity contribution in [3.05, 3.63) is 0 Å². The third-order valence-corrected chi connectivity index (χ3v) is 7.78. The highest BCUT2D eigenvalue weighted by molar-refractivity contribution is 6.60. The maximum Gasteiger partial charge on any atom is 0.505 e. The lowest BCUT2D eigenvalue weighted by Crippen LogP contribution is -2.56. The van der Waals surface area contributed by atoms with E-state index in [1.54, 1.807) is 21.3 Å². The number of piperidine rings is 1. The molecule has 0 unspecified atom stereocenters. The normalized spacial score (nSPS) is 18.9. The molecule has 0 saturated carbocycles. The summed E-state index contributed by atoms with van der Waals surface area (Å²) >= 11 is 0. The van der Waals surface area contributed by atoms with Crippen LogP contribution in [0.2, 0.25) is 6.04 Å². The minimum Gasteiger partial charge on any atom is -0.377 e. The van der Waals surface area contributed by atoms with Gasteiger partial charge in [-0.05, 0) is 32.1 Å². The Morgan fingerprint density at radius 2 is 1.43 bits per heavy atom. The van der Waals surface area contributed by atoms with Gasteiger partial charge in [-0.1, -0.05) is 19.8 Å². The topological polar surface area (TPSA) is 27.7 Å². The van der Waals surface area contributed by atoms with Crippen LogP contribution in [0.15, 0.2) is 0 Å². The Labute approximate surface area is 132 Å². The van der Waals surface area contributed by atoms with Crippen LogP contribution >= 0.6 is 0 Å². The zero-order valence-electron chi connectivity index (χ0n) is 14.7. The van der Waals surface area contributed by atoms with Crippen molar-refractivity contribution in [3.8, 4) is 0 Å². The highest BCUT2D eigenvalue weighted by Crippen LogP contribution is 2.24. The van der Waals surface area contributed by atoms with Gasteiger partial charge in [0, 0.05) is 21.3 Å². The first-order chi connectivity index (χ1) is 10.2. The number of likely N-dealkylation sites (tertiary alicyclic amines) is 1. The van der Waals surface area contributed by atoms with Gasteiger partial charge in [0.1, 0.15) is 0 Å². The van der Waals surface area contributed by atoms with E-state index < -0.39 is 8.80 Å². The third kappa shape index (κ3) is 5.98. The van der Waals surface area contributed by atoms with E-state index in [1.165, 1.54) is 69.1 Å². The van der Waals surface area contributed by atoms with Crippen LogP contribution in [0.3, 0.4) is 0 Å². The van der Waals surface area contributed by atoms with Gasteiger partial charge in [-0.15, -0.1) is 0 Å². The van der Waals surface area contributed by atoms with Crippen LogP contribution in [0, 0.1) is 0 Å². The smallest absolute Gasteiger partial charge is 0.377 e. The van der Waals surface area contributed by atoms with Gasteiger partial charge < -0.3 is 17.8 Å². The van der Waals surface area contributed by atoms with E-state index in [9.17, 15) is 0 Å². The molecule has 0 spiro atoms. The van der Waals surface area contributed by atoms with E-state index in [4.69, 9.17) is 13.3 Å². The molecule has 0 amide bonds. The van der Waals surface area contributed by atoms with Crippen molar-refractivity contribution in [3.63, 3.8) is 0 Å². The van der Waals surface area contributed by atoms with Gasteiger partial charge in [0.2, 0.25) is 0 Å². The van der Waals surface area contributed by atoms with E-state index >= 15 is 0 Å². The van der Waals surface area contributed by atoms with Crippen LogP contribution < -0.4 is 0 Å². The molecule has 1 rings (SSSR count). The second-order valence-corrected chi connectivity index (χ2v) is 9.49. The minimum absolute atomic E-state index is 0.935. The van der Waals surface area contributed by atoms with Crippen LogP contribution in [0.1, 0.15) is 51.9 Å². The van der Waals surface area contributed by atoms with E-state index in [0.29, 0.717) is 0 Å². The number of rotatable bonds is 11. The van der Waals surface area contributed by atoms with Crippen molar-refractivity contribution in [1.29, 1.82) is 0 Å². The summed E-state index contributed by atoms with van der Waals surface area (Å²) in [4.78, 5) is 0. The maximum atomic E-state index is 5.60. The molecule has 0 aromatic rings. The molecule has 0 bridgehead atoms. The second-order valence-electron chi connectivity index (χ2n) is 6.40. The number of hydrogen-bond donors (Lipinski definition) is 0.